The van der Waals surface area contributed by atoms with Crippen LogP contribution in [-0.2, 0) is 17.6 Å². The van der Waals surface area contributed by atoms with E-state index in [1.807, 2.05) is 42.5 Å². The van der Waals surface area contributed by atoms with Gasteiger partial charge in [-0.05, 0) is 55.0 Å². The molecule has 1 amide bonds. The summed E-state index contributed by atoms with van der Waals surface area (Å²) < 4.78 is 5.82. The molecule has 1 aliphatic rings. The molecular weight excluding hydrogens is 274 g/mol. The van der Waals surface area contributed by atoms with Gasteiger partial charge in [0.25, 0.3) is 5.91 Å². The van der Waals surface area contributed by atoms with Gasteiger partial charge in [0.2, 0.25) is 0 Å². The van der Waals surface area contributed by atoms with Gasteiger partial charge in [-0.2, -0.15) is 0 Å². The zero-order valence-corrected chi connectivity index (χ0v) is 12.9. The summed E-state index contributed by atoms with van der Waals surface area (Å²) in [7, 11) is 1.78. The second-order valence-electron chi connectivity index (χ2n) is 5.68. The van der Waals surface area contributed by atoms with Gasteiger partial charge >= 0.3 is 0 Å². The summed E-state index contributed by atoms with van der Waals surface area (Å²) in [6.07, 6.45) is 4.61. The van der Waals surface area contributed by atoms with E-state index in [2.05, 4.69) is 6.07 Å². The second kappa shape index (κ2) is 6.65. The lowest BCUT2D eigenvalue weighted by atomic mass is 9.91. The third kappa shape index (κ3) is 3.14. The first-order valence-corrected chi connectivity index (χ1v) is 7.81. The Morgan fingerprint density at radius 3 is 2.64 bits per heavy atom. The molecule has 0 saturated heterocycles. The quantitative estimate of drug-likeness (QED) is 0.862. The van der Waals surface area contributed by atoms with Gasteiger partial charge in [-0.15, -0.1) is 0 Å². The van der Waals surface area contributed by atoms with Gasteiger partial charge in [-0.1, -0.05) is 30.3 Å². The molecule has 0 N–H and O–H groups in total. The molecule has 3 heteroatoms. The molecule has 0 radical (unpaired) electrons. The maximum absolute atomic E-state index is 12.3. The molecule has 1 aliphatic carbocycles. The largest absolute Gasteiger partial charge is 0.483 e. The number of fused-ring (bicyclic) bond motifs is 1. The first kappa shape index (κ1) is 14.6. The van der Waals surface area contributed by atoms with Gasteiger partial charge in [-0.3, -0.25) is 4.79 Å². The third-order valence-electron chi connectivity index (χ3n) is 4.22. The minimum atomic E-state index is -0.0420. The Morgan fingerprint density at radius 2 is 1.82 bits per heavy atom. The van der Waals surface area contributed by atoms with Crippen LogP contribution in [0.5, 0.6) is 5.75 Å². The molecule has 0 aliphatic heterocycles. The molecule has 114 valence electrons. The van der Waals surface area contributed by atoms with Gasteiger partial charge < -0.3 is 9.64 Å². The summed E-state index contributed by atoms with van der Waals surface area (Å²) >= 11 is 0. The maximum atomic E-state index is 12.3. The number of likely N-dealkylation sites (N-methyl/N-ethyl adjacent to an activating group) is 1. The van der Waals surface area contributed by atoms with Crippen LogP contribution in [0.3, 0.4) is 0 Å². The Bertz CT molecular complexity index is 652. The van der Waals surface area contributed by atoms with Crippen LogP contribution in [0, 0.1) is 0 Å². The smallest absolute Gasteiger partial charge is 0.264 e. The number of benzene rings is 2. The van der Waals surface area contributed by atoms with Crippen molar-refractivity contribution in [1.82, 2.24) is 0 Å². The summed E-state index contributed by atoms with van der Waals surface area (Å²) in [5, 5.41) is 0. The van der Waals surface area contributed by atoms with E-state index in [1.165, 1.54) is 24.0 Å². The van der Waals surface area contributed by atoms with Crippen molar-refractivity contribution in [3.05, 3.63) is 59.7 Å². The predicted molar refractivity (Wildman–Crippen MR) is 88.4 cm³/mol. The Labute approximate surface area is 131 Å². The van der Waals surface area contributed by atoms with Gasteiger partial charge in [0.1, 0.15) is 5.75 Å². The van der Waals surface area contributed by atoms with Crippen molar-refractivity contribution in [1.29, 1.82) is 0 Å². The van der Waals surface area contributed by atoms with Crippen molar-refractivity contribution >= 4 is 11.6 Å². The molecule has 0 spiro atoms. The van der Waals surface area contributed by atoms with Gasteiger partial charge in [0.15, 0.2) is 6.61 Å². The Kier molecular flexibility index (Phi) is 4.42. The van der Waals surface area contributed by atoms with Crippen LogP contribution in [0.15, 0.2) is 48.5 Å². The number of carbonyl (C=O) groups is 1. The normalized spacial score (nSPS) is 13.3. The number of rotatable bonds is 4. The summed E-state index contributed by atoms with van der Waals surface area (Å²) in [5.74, 6) is 0.826. The lowest BCUT2D eigenvalue weighted by Gasteiger charge is -2.21. The molecule has 0 atom stereocenters. The molecular formula is C19H21NO2. The van der Waals surface area contributed by atoms with E-state index in [9.17, 15) is 4.79 Å². The zero-order valence-electron chi connectivity index (χ0n) is 12.9. The average molecular weight is 295 g/mol. The molecule has 0 fully saturated rings. The van der Waals surface area contributed by atoms with Crippen LogP contribution >= 0.6 is 0 Å². The lowest BCUT2D eigenvalue weighted by molar-refractivity contribution is -0.120. The minimum Gasteiger partial charge on any atom is -0.483 e. The standard InChI is InChI=1S/C19H21NO2/c1-20(16-10-3-2-4-11-16)19(21)14-22-18-13-7-9-15-8-5-6-12-17(15)18/h2-4,7,9-11,13H,5-6,8,12,14H2,1H3. The lowest BCUT2D eigenvalue weighted by Crippen LogP contribution is -2.31. The van der Waals surface area contributed by atoms with Crippen molar-refractivity contribution in [2.75, 3.05) is 18.6 Å². The van der Waals surface area contributed by atoms with Crippen molar-refractivity contribution in [2.24, 2.45) is 0 Å². The number of carbonyl (C=O) groups excluding carboxylic acids is 1. The topological polar surface area (TPSA) is 29.5 Å². The molecule has 0 saturated carbocycles. The summed E-state index contributed by atoms with van der Waals surface area (Å²) in [6, 6.07) is 15.8. The second-order valence-corrected chi connectivity index (χ2v) is 5.68. The molecule has 22 heavy (non-hydrogen) atoms. The van der Waals surface area contributed by atoms with Crippen LogP contribution in [0.4, 0.5) is 5.69 Å². The molecule has 0 heterocycles. The maximum Gasteiger partial charge on any atom is 0.264 e. The SMILES string of the molecule is CN(C(=O)COc1cccc2c1CCCC2)c1ccccc1. The molecule has 3 rings (SSSR count). The molecule has 2 aromatic carbocycles. The highest BCUT2D eigenvalue weighted by Crippen LogP contribution is 2.29. The number of aryl methyl sites for hydroxylation is 1. The predicted octanol–water partition coefficient (Wildman–Crippen LogP) is 3.61. The van der Waals surface area contributed by atoms with Crippen molar-refractivity contribution in [2.45, 2.75) is 25.7 Å². The highest BCUT2D eigenvalue weighted by atomic mass is 16.5. The molecule has 2 aromatic rings. The first-order valence-electron chi connectivity index (χ1n) is 7.81. The molecule has 0 bridgehead atoms. The molecule has 3 nitrogen and oxygen atoms in total. The van der Waals surface area contributed by atoms with Gasteiger partial charge in [-0.25, -0.2) is 0 Å². The Balaban J connectivity index is 1.67. The molecule has 0 unspecified atom stereocenters. The number of anilines is 1. The van der Waals surface area contributed by atoms with Crippen LogP contribution < -0.4 is 9.64 Å². The minimum absolute atomic E-state index is 0.0420. The fourth-order valence-corrected chi connectivity index (χ4v) is 2.91. The Morgan fingerprint density at radius 1 is 1.05 bits per heavy atom. The first-order chi connectivity index (χ1) is 10.8. The highest BCUT2D eigenvalue weighted by Gasteiger charge is 2.16. The van der Waals surface area contributed by atoms with Crippen molar-refractivity contribution < 1.29 is 9.53 Å². The van der Waals surface area contributed by atoms with Crippen LogP contribution in [0.1, 0.15) is 24.0 Å². The Hall–Kier alpha value is -2.29. The summed E-state index contributed by atoms with van der Waals surface area (Å²) in [5.41, 5.74) is 3.53. The fourth-order valence-electron chi connectivity index (χ4n) is 2.91. The summed E-state index contributed by atoms with van der Waals surface area (Å²) in [4.78, 5) is 13.9. The number of hydrogen-bond donors (Lipinski definition) is 0. The van der Waals surface area contributed by atoms with E-state index in [-0.39, 0.29) is 12.5 Å². The van der Waals surface area contributed by atoms with Crippen LogP contribution in [0.25, 0.3) is 0 Å². The number of para-hydroxylation sites is 1. The number of nitrogens with zero attached hydrogens (tertiary/aromatic N) is 1. The van der Waals surface area contributed by atoms with Crippen molar-refractivity contribution in [3.63, 3.8) is 0 Å². The molecule has 0 aromatic heterocycles. The van der Waals surface area contributed by atoms with E-state index in [4.69, 9.17) is 4.74 Å². The van der Waals surface area contributed by atoms with Gasteiger partial charge in [0.05, 0.1) is 0 Å². The number of amides is 1. The van der Waals surface area contributed by atoms with E-state index in [0.29, 0.717) is 0 Å². The van der Waals surface area contributed by atoms with E-state index in [1.54, 1.807) is 11.9 Å². The monoisotopic (exact) mass is 295 g/mol. The van der Waals surface area contributed by atoms with E-state index < -0.39 is 0 Å². The van der Waals surface area contributed by atoms with E-state index >= 15 is 0 Å². The average Bonchev–Trinajstić information content (AvgIpc) is 2.59. The van der Waals surface area contributed by atoms with Crippen LogP contribution in [0.2, 0.25) is 0 Å². The van der Waals surface area contributed by atoms with Crippen LogP contribution in [-0.4, -0.2) is 19.6 Å². The number of hydrogen-bond acceptors (Lipinski definition) is 2. The van der Waals surface area contributed by atoms with Gasteiger partial charge in [0, 0.05) is 12.7 Å². The van der Waals surface area contributed by atoms with Crippen molar-refractivity contribution in [3.8, 4) is 5.75 Å². The summed E-state index contributed by atoms with van der Waals surface area (Å²) in [6.45, 7) is 0.0713. The fraction of sp³-hybridized carbons (Fsp3) is 0.316. The third-order valence-corrected chi connectivity index (χ3v) is 4.22. The zero-order chi connectivity index (χ0) is 15.4. The van der Waals surface area contributed by atoms with E-state index in [0.717, 1.165) is 24.3 Å². The number of ether oxygens (including phenoxy) is 1. The highest BCUT2D eigenvalue weighted by molar-refractivity contribution is 5.93.